The molecule has 0 aliphatic heterocycles. The normalized spacial score (nSPS) is 10.4. The summed E-state index contributed by atoms with van der Waals surface area (Å²) in [6, 6.07) is 27.9. The van der Waals surface area contributed by atoms with E-state index in [1.54, 1.807) is 36.4 Å². The topological polar surface area (TPSA) is 79.5 Å². The van der Waals surface area contributed by atoms with Crippen LogP contribution >= 0.6 is 28.1 Å². The highest BCUT2D eigenvalue weighted by Gasteiger charge is 2.17. The van der Waals surface area contributed by atoms with Gasteiger partial charge in [0.25, 0.3) is 11.8 Å². The van der Waals surface area contributed by atoms with Crippen LogP contribution in [0.1, 0.15) is 37.4 Å². The molecule has 0 aliphatic rings. The van der Waals surface area contributed by atoms with Crippen molar-refractivity contribution in [1.29, 1.82) is 0 Å². The average molecular weight is 603 g/mol. The molecule has 0 aromatic heterocycles. The first kappa shape index (κ1) is 28.0. The van der Waals surface area contributed by atoms with E-state index in [0.717, 1.165) is 21.2 Å². The number of hydrogen-bond donors (Lipinski definition) is 3. The number of para-hydroxylation sites is 1. The summed E-state index contributed by atoms with van der Waals surface area (Å²) in [7, 11) is 0. The maximum Gasteiger partial charge on any atom is 0.261 e. The summed E-state index contributed by atoms with van der Waals surface area (Å²) in [5, 5.41) is 8.66. The molecule has 0 atom stereocenters. The molecular weight excluding hydrogens is 574 g/mol. The van der Waals surface area contributed by atoms with E-state index < -0.39 is 5.91 Å². The molecule has 3 N–H and O–H groups in total. The van der Waals surface area contributed by atoms with E-state index in [-0.39, 0.29) is 11.0 Å². The minimum absolute atomic E-state index is 0.0571. The van der Waals surface area contributed by atoms with Crippen molar-refractivity contribution in [2.75, 3.05) is 17.2 Å². The molecule has 0 saturated heterocycles. The van der Waals surface area contributed by atoms with E-state index in [4.69, 9.17) is 17.0 Å². The van der Waals surface area contributed by atoms with Crippen LogP contribution in [0.5, 0.6) is 5.75 Å². The molecule has 4 rings (SSSR count). The van der Waals surface area contributed by atoms with Gasteiger partial charge in [-0.15, -0.1) is 0 Å². The van der Waals surface area contributed by atoms with E-state index in [2.05, 4.69) is 31.9 Å². The first-order chi connectivity index (χ1) is 18.8. The highest BCUT2D eigenvalue weighted by Crippen LogP contribution is 2.24. The van der Waals surface area contributed by atoms with Crippen LogP contribution < -0.4 is 20.7 Å². The first-order valence-corrected chi connectivity index (χ1v) is 13.6. The Bertz CT molecular complexity index is 1510. The van der Waals surface area contributed by atoms with Gasteiger partial charge in [0.1, 0.15) is 5.75 Å². The Morgan fingerprint density at radius 1 is 0.795 bits per heavy atom. The number of hydrogen-bond acceptors (Lipinski definition) is 4. The number of halogens is 1. The third-order valence-corrected chi connectivity index (χ3v) is 6.79. The highest BCUT2D eigenvalue weighted by atomic mass is 79.9. The zero-order chi connectivity index (χ0) is 27.8. The van der Waals surface area contributed by atoms with Gasteiger partial charge < -0.3 is 15.4 Å². The predicted molar refractivity (Wildman–Crippen MR) is 164 cm³/mol. The Hall–Kier alpha value is -4.01. The molecule has 0 heterocycles. The van der Waals surface area contributed by atoms with E-state index in [1.165, 1.54) is 0 Å². The molecule has 198 valence electrons. The van der Waals surface area contributed by atoms with Gasteiger partial charge in [-0.1, -0.05) is 64.5 Å². The van der Waals surface area contributed by atoms with Crippen LogP contribution in [-0.4, -0.2) is 23.5 Å². The van der Waals surface area contributed by atoms with Gasteiger partial charge in [0.2, 0.25) is 0 Å². The van der Waals surface area contributed by atoms with E-state index in [0.29, 0.717) is 41.3 Å². The lowest BCUT2D eigenvalue weighted by Gasteiger charge is -2.15. The van der Waals surface area contributed by atoms with E-state index in [1.807, 2.05) is 68.4 Å². The van der Waals surface area contributed by atoms with Gasteiger partial charge in [0.05, 0.1) is 23.4 Å². The van der Waals surface area contributed by atoms with Crippen molar-refractivity contribution in [3.8, 4) is 5.75 Å². The van der Waals surface area contributed by atoms with Crippen LogP contribution in [0.3, 0.4) is 0 Å². The standard InChI is InChI=1S/C31H28BrN3O3S/c1-20-12-14-24(18-21(20)2)33-29(36)25-10-6-7-11-27(25)34-31(39)35-30(37)26-19-23(32)13-15-28(26)38-17-16-22-8-4-3-5-9-22/h3-15,18-19H,16-17H2,1-2H3,(H,33,36)(H2,34,35,37,39). The second kappa shape index (κ2) is 13.2. The van der Waals surface area contributed by atoms with Crippen LogP contribution in [0.25, 0.3) is 0 Å². The molecule has 4 aromatic rings. The van der Waals surface area contributed by atoms with E-state index >= 15 is 0 Å². The monoisotopic (exact) mass is 601 g/mol. The fourth-order valence-corrected chi connectivity index (χ4v) is 4.42. The number of amides is 2. The number of ether oxygens (including phenoxy) is 1. The van der Waals surface area contributed by atoms with Gasteiger partial charge in [-0.05, 0) is 85.2 Å². The summed E-state index contributed by atoms with van der Waals surface area (Å²) in [5.41, 5.74) is 5.26. The van der Waals surface area contributed by atoms with Gasteiger partial charge in [0, 0.05) is 16.6 Å². The summed E-state index contributed by atoms with van der Waals surface area (Å²) < 4.78 is 6.67. The Labute approximate surface area is 241 Å². The SMILES string of the molecule is Cc1ccc(NC(=O)c2ccccc2NC(=S)NC(=O)c2cc(Br)ccc2OCCc2ccccc2)cc1C. The fourth-order valence-electron chi connectivity index (χ4n) is 3.86. The van der Waals surface area contributed by atoms with Crippen molar-refractivity contribution in [1.82, 2.24) is 5.32 Å². The van der Waals surface area contributed by atoms with Crippen LogP contribution in [0.15, 0.2) is 95.5 Å². The number of benzene rings is 4. The lowest BCUT2D eigenvalue weighted by atomic mass is 10.1. The van der Waals surface area contributed by atoms with Crippen LogP contribution in [0.2, 0.25) is 0 Å². The Morgan fingerprint density at radius 2 is 1.54 bits per heavy atom. The molecule has 0 spiro atoms. The van der Waals surface area contributed by atoms with Gasteiger partial charge in [-0.2, -0.15) is 0 Å². The summed E-state index contributed by atoms with van der Waals surface area (Å²) in [6.45, 7) is 4.42. The minimum atomic E-state index is -0.430. The maximum absolute atomic E-state index is 13.2. The Balaban J connectivity index is 1.42. The molecule has 6 nitrogen and oxygen atoms in total. The Morgan fingerprint density at radius 3 is 2.31 bits per heavy atom. The molecule has 8 heteroatoms. The molecule has 4 aromatic carbocycles. The minimum Gasteiger partial charge on any atom is -0.492 e. The average Bonchev–Trinajstić information content (AvgIpc) is 2.92. The van der Waals surface area contributed by atoms with Crippen molar-refractivity contribution in [2.24, 2.45) is 0 Å². The lowest BCUT2D eigenvalue weighted by Crippen LogP contribution is -2.35. The summed E-state index contributed by atoms with van der Waals surface area (Å²) >= 11 is 8.84. The molecule has 0 bridgehead atoms. The summed E-state index contributed by atoms with van der Waals surface area (Å²) in [6.07, 6.45) is 0.707. The Kier molecular flexibility index (Phi) is 9.46. The smallest absolute Gasteiger partial charge is 0.261 e. The first-order valence-electron chi connectivity index (χ1n) is 12.4. The van der Waals surface area contributed by atoms with Crippen molar-refractivity contribution < 1.29 is 14.3 Å². The van der Waals surface area contributed by atoms with Crippen molar-refractivity contribution in [2.45, 2.75) is 20.3 Å². The predicted octanol–water partition coefficient (Wildman–Crippen LogP) is 7.07. The fraction of sp³-hybridized carbons (Fsp3) is 0.129. The molecule has 0 unspecified atom stereocenters. The summed E-state index contributed by atoms with van der Waals surface area (Å²) in [5.74, 6) is -0.278. The van der Waals surface area contributed by atoms with E-state index in [9.17, 15) is 9.59 Å². The largest absolute Gasteiger partial charge is 0.492 e. The number of anilines is 2. The highest BCUT2D eigenvalue weighted by molar-refractivity contribution is 9.10. The summed E-state index contributed by atoms with van der Waals surface area (Å²) in [4.78, 5) is 26.2. The van der Waals surface area contributed by atoms with Gasteiger partial charge >= 0.3 is 0 Å². The zero-order valence-corrected chi connectivity index (χ0v) is 24.0. The van der Waals surface area contributed by atoms with Crippen LogP contribution in [-0.2, 0) is 6.42 Å². The number of thiocarbonyl (C=S) groups is 1. The molecule has 0 radical (unpaired) electrons. The van der Waals surface area contributed by atoms with Gasteiger partial charge in [0.15, 0.2) is 5.11 Å². The van der Waals surface area contributed by atoms with Crippen molar-refractivity contribution in [3.05, 3.63) is 123 Å². The third kappa shape index (κ3) is 7.75. The van der Waals surface area contributed by atoms with Crippen molar-refractivity contribution >= 4 is 56.4 Å². The number of carbonyl (C=O) groups is 2. The number of aryl methyl sites for hydroxylation is 2. The van der Waals surface area contributed by atoms with Crippen LogP contribution in [0.4, 0.5) is 11.4 Å². The molecule has 2 amide bonds. The quantitative estimate of drug-likeness (QED) is 0.188. The van der Waals surface area contributed by atoms with Gasteiger partial charge in [-0.3, -0.25) is 14.9 Å². The third-order valence-electron chi connectivity index (χ3n) is 6.09. The number of rotatable bonds is 8. The van der Waals surface area contributed by atoms with Crippen molar-refractivity contribution in [3.63, 3.8) is 0 Å². The molecular formula is C31H28BrN3O3S. The number of nitrogens with one attached hydrogen (secondary N) is 3. The maximum atomic E-state index is 13.2. The molecule has 0 fully saturated rings. The molecule has 39 heavy (non-hydrogen) atoms. The molecule has 0 saturated carbocycles. The lowest BCUT2D eigenvalue weighted by molar-refractivity contribution is 0.0972. The molecule has 0 aliphatic carbocycles. The second-order valence-electron chi connectivity index (χ2n) is 8.93. The van der Waals surface area contributed by atoms with Gasteiger partial charge in [-0.25, -0.2) is 0 Å². The second-order valence-corrected chi connectivity index (χ2v) is 10.3. The van der Waals surface area contributed by atoms with Crippen LogP contribution in [0, 0.1) is 13.8 Å². The number of carbonyl (C=O) groups excluding carboxylic acids is 2. The zero-order valence-electron chi connectivity index (χ0n) is 21.6.